The van der Waals surface area contributed by atoms with Crippen LogP contribution in [0.2, 0.25) is 0 Å². The third-order valence-electron chi connectivity index (χ3n) is 4.25. The van der Waals surface area contributed by atoms with E-state index in [2.05, 4.69) is 62.1 Å². The van der Waals surface area contributed by atoms with E-state index < -0.39 is 0 Å². The SMILES string of the molecule is CC(C)C/C=C(/CN1CCC(C)CC1)c1ccccc1. The van der Waals surface area contributed by atoms with E-state index in [1.165, 1.54) is 43.5 Å². The molecule has 0 atom stereocenters. The van der Waals surface area contributed by atoms with Gasteiger partial charge >= 0.3 is 0 Å². The minimum Gasteiger partial charge on any atom is -0.299 e. The molecular formula is C19H29N. The van der Waals surface area contributed by atoms with Crippen LogP contribution in [0.1, 0.15) is 45.6 Å². The zero-order chi connectivity index (χ0) is 14.4. The van der Waals surface area contributed by atoms with Crippen molar-refractivity contribution in [2.45, 2.75) is 40.0 Å². The smallest absolute Gasteiger partial charge is 0.0236 e. The van der Waals surface area contributed by atoms with Crippen molar-refractivity contribution in [1.82, 2.24) is 4.90 Å². The highest BCUT2D eigenvalue weighted by Gasteiger charge is 2.16. The molecule has 0 radical (unpaired) electrons. The van der Waals surface area contributed by atoms with Crippen LogP contribution in [0.15, 0.2) is 36.4 Å². The highest BCUT2D eigenvalue weighted by molar-refractivity contribution is 5.66. The molecule has 0 amide bonds. The van der Waals surface area contributed by atoms with E-state index in [9.17, 15) is 0 Å². The maximum Gasteiger partial charge on any atom is 0.0236 e. The molecule has 110 valence electrons. The van der Waals surface area contributed by atoms with Crippen LogP contribution in [-0.2, 0) is 0 Å². The van der Waals surface area contributed by atoms with E-state index >= 15 is 0 Å². The second kappa shape index (κ2) is 7.64. The van der Waals surface area contributed by atoms with Crippen molar-refractivity contribution in [3.63, 3.8) is 0 Å². The van der Waals surface area contributed by atoms with Gasteiger partial charge in [0, 0.05) is 6.54 Å². The molecule has 2 rings (SSSR count). The zero-order valence-corrected chi connectivity index (χ0v) is 13.3. The Morgan fingerprint density at radius 2 is 1.85 bits per heavy atom. The van der Waals surface area contributed by atoms with Gasteiger partial charge in [-0.25, -0.2) is 0 Å². The number of hydrogen-bond donors (Lipinski definition) is 0. The molecule has 1 aliphatic rings. The normalized spacial score (nSPS) is 18.7. The summed E-state index contributed by atoms with van der Waals surface area (Å²) in [7, 11) is 0. The molecule has 0 aromatic heterocycles. The maximum atomic E-state index is 2.62. The molecule has 1 nitrogen and oxygen atoms in total. The Labute approximate surface area is 124 Å². The fraction of sp³-hybridized carbons (Fsp3) is 0.579. The van der Waals surface area contributed by atoms with Gasteiger partial charge in [0.05, 0.1) is 0 Å². The summed E-state index contributed by atoms with van der Waals surface area (Å²) in [6.07, 6.45) is 6.34. The minimum absolute atomic E-state index is 0.732. The van der Waals surface area contributed by atoms with Crippen molar-refractivity contribution in [3.05, 3.63) is 42.0 Å². The fourth-order valence-electron chi connectivity index (χ4n) is 2.76. The van der Waals surface area contributed by atoms with Crippen molar-refractivity contribution in [1.29, 1.82) is 0 Å². The molecule has 0 aliphatic carbocycles. The third-order valence-corrected chi connectivity index (χ3v) is 4.25. The Kier molecular flexibility index (Phi) is 5.85. The molecule has 0 spiro atoms. The largest absolute Gasteiger partial charge is 0.299 e. The lowest BCUT2D eigenvalue weighted by Crippen LogP contribution is -2.34. The minimum atomic E-state index is 0.732. The summed E-state index contributed by atoms with van der Waals surface area (Å²) in [5.41, 5.74) is 2.90. The Hall–Kier alpha value is -1.08. The van der Waals surface area contributed by atoms with E-state index in [4.69, 9.17) is 0 Å². The van der Waals surface area contributed by atoms with Crippen LogP contribution in [0.3, 0.4) is 0 Å². The molecule has 1 saturated heterocycles. The molecule has 1 aromatic rings. The lowest BCUT2D eigenvalue weighted by Gasteiger charge is -2.31. The van der Waals surface area contributed by atoms with E-state index in [-0.39, 0.29) is 0 Å². The third kappa shape index (κ3) is 4.79. The van der Waals surface area contributed by atoms with Crippen LogP contribution >= 0.6 is 0 Å². The molecule has 1 heterocycles. The van der Waals surface area contributed by atoms with E-state index in [1.807, 2.05) is 0 Å². The lowest BCUT2D eigenvalue weighted by molar-refractivity contribution is 0.213. The van der Waals surface area contributed by atoms with E-state index in [1.54, 1.807) is 0 Å². The first-order chi connectivity index (χ1) is 9.65. The quantitative estimate of drug-likeness (QED) is 0.740. The summed E-state index contributed by atoms with van der Waals surface area (Å²) in [5.74, 6) is 1.64. The van der Waals surface area contributed by atoms with Crippen molar-refractivity contribution in [3.8, 4) is 0 Å². The number of piperidine rings is 1. The summed E-state index contributed by atoms with van der Waals surface area (Å²) in [6.45, 7) is 10.6. The Morgan fingerprint density at radius 1 is 1.20 bits per heavy atom. The van der Waals surface area contributed by atoms with Crippen molar-refractivity contribution < 1.29 is 0 Å². The second-order valence-corrected chi connectivity index (χ2v) is 6.68. The fourth-order valence-corrected chi connectivity index (χ4v) is 2.76. The summed E-state index contributed by atoms with van der Waals surface area (Å²) < 4.78 is 0. The molecule has 0 unspecified atom stereocenters. The number of hydrogen-bond acceptors (Lipinski definition) is 1. The predicted octanol–water partition coefficient (Wildman–Crippen LogP) is 4.85. The predicted molar refractivity (Wildman–Crippen MR) is 88.7 cm³/mol. The molecule has 0 N–H and O–H groups in total. The van der Waals surface area contributed by atoms with Gasteiger partial charge in [0.25, 0.3) is 0 Å². The van der Waals surface area contributed by atoms with Crippen LogP contribution in [0.4, 0.5) is 0 Å². The summed E-state index contributed by atoms with van der Waals surface area (Å²) in [5, 5.41) is 0. The second-order valence-electron chi connectivity index (χ2n) is 6.68. The number of benzene rings is 1. The standard InChI is InChI=1S/C19H29N/c1-16(2)9-10-19(18-7-5-4-6-8-18)15-20-13-11-17(3)12-14-20/h4-8,10,16-17H,9,11-15H2,1-3H3/b19-10-. The molecule has 1 fully saturated rings. The van der Waals surface area contributed by atoms with Gasteiger partial charge in [-0.2, -0.15) is 0 Å². The van der Waals surface area contributed by atoms with Crippen LogP contribution in [0.5, 0.6) is 0 Å². The molecular weight excluding hydrogens is 242 g/mol. The Bertz CT molecular complexity index is 411. The van der Waals surface area contributed by atoms with Gasteiger partial charge in [0.2, 0.25) is 0 Å². The average Bonchev–Trinajstić information content (AvgIpc) is 2.46. The van der Waals surface area contributed by atoms with E-state index in [0.717, 1.165) is 18.4 Å². The summed E-state index contributed by atoms with van der Waals surface area (Å²) in [4.78, 5) is 2.62. The summed E-state index contributed by atoms with van der Waals surface area (Å²) in [6, 6.07) is 10.9. The van der Waals surface area contributed by atoms with Gasteiger partial charge in [-0.15, -0.1) is 0 Å². The molecule has 1 heteroatoms. The Balaban J connectivity index is 2.05. The van der Waals surface area contributed by atoms with Gasteiger partial charge < -0.3 is 0 Å². The first kappa shape index (κ1) is 15.3. The number of allylic oxidation sites excluding steroid dienone is 1. The molecule has 0 saturated carbocycles. The number of likely N-dealkylation sites (tertiary alicyclic amines) is 1. The van der Waals surface area contributed by atoms with Crippen molar-refractivity contribution in [2.24, 2.45) is 11.8 Å². The molecule has 1 aromatic carbocycles. The maximum absolute atomic E-state index is 2.62. The van der Waals surface area contributed by atoms with Crippen LogP contribution < -0.4 is 0 Å². The van der Waals surface area contributed by atoms with Crippen molar-refractivity contribution in [2.75, 3.05) is 19.6 Å². The molecule has 1 aliphatic heterocycles. The van der Waals surface area contributed by atoms with Gasteiger partial charge in [0.1, 0.15) is 0 Å². The molecule has 0 bridgehead atoms. The van der Waals surface area contributed by atoms with Crippen LogP contribution in [-0.4, -0.2) is 24.5 Å². The molecule has 20 heavy (non-hydrogen) atoms. The zero-order valence-electron chi connectivity index (χ0n) is 13.3. The topological polar surface area (TPSA) is 3.24 Å². The highest BCUT2D eigenvalue weighted by Crippen LogP contribution is 2.22. The first-order valence-electron chi connectivity index (χ1n) is 8.12. The summed E-state index contributed by atoms with van der Waals surface area (Å²) >= 11 is 0. The van der Waals surface area contributed by atoms with Gasteiger partial charge in [0.15, 0.2) is 0 Å². The number of rotatable bonds is 5. The average molecular weight is 271 g/mol. The highest BCUT2D eigenvalue weighted by atomic mass is 15.1. The van der Waals surface area contributed by atoms with Gasteiger partial charge in [-0.3, -0.25) is 4.90 Å². The van der Waals surface area contributed by atoms with Crippen molar-refractivity contribution >= 4 is 5.57 Å². The van der Waals surface area contributed by atoms with E-state index in [0.29, 0.717) is 0 Å². The lowest BCUT2D eigenvalue weighted by atomic mass is 9.97. The monoisotopic (exact) mass is 271 g/mol. The Morgan fingerprint density at radius 3 is 2.45 bits per heavy atom. The van der Waals surface area contributed by atoms with Crippen LogP contribution in [0, 0.1) is 11.8 Å². The first-order valence-corrected chi connectivity index (χ1v) is 8.12. The van der Waals surface area contributed by atoms with Gasteiger partial charge in [-0.05, 0) is 55.3 Å². The van der Waals surface area contributed by atoms with Gasteiger partial charge in [-0.1, -0.05) is 57.2 Å². The number of nitrogens with zero attached hydrogens (tertiary/aromatic N) is 1. The van der Waals surface area contributed by atoms with Crippen LogP contribution in [0.25, 0.3) is 5.57 Å².